The molecule has 9 heteroatoms. The summed E-state index contributed by atoms with van der Waals surface area (Å²) in [6, 6.07) is 11.8. The summed E-state index contributed by atoms with van der Waals surface area (Å²) in [5.41, 5.74) is 4.59. The van der Waals surface area contributed by atoms with Gasteiger partial charge in [0, 0.05) is 5.56 Å². The topological polar surface area (TPSA) is 86.5 Å². The Morgan fingerprint density at radius 1 is 1.03 bits per heavy atom. The molecule has 0 radical (unpaired) electrons. The van der Waals surface area contributed by atoms with Gasteiger partial charge in [-0.2, -0.15) is 0 Å². The molecule has 2 heterocycles. The number of halogens is 3. The fourth-order valence-electron chi connectivity index (χ4n) is 3.64. The fraction of sp³-hybridized carbons (Fsp3) is 0.0870. The Hall–Kier alpha value is -3.42. The van der Waals surface area contributed by atoms with Gasteiger partial charge in [0.2, 0.25) is 5.95 Å². The van der Waals surface area contributed by atoms with Gasteiger partial charge in [-0.1, -0.05) is 35.3 Å². The number of benzene rings is 3. The summed E-state index contributed by atoms with van der Waals surface area (Å²) in [5, 5.41) is 3.29. The Balaban J connectivity index is 1.55. The summed E-state index contributed by atoms with van der Waals surface area (Å²) in [5.74, 6) is -0.339. The second-order valence-corrected chi connectivity index (χ2v) is 8.29. The van der Waals surface area contributed by atoms with Crippen LogP contribution in [0.2, 0.25) is 10.0 Å². The molecule has 1 amide bonds. The number of aromatic amines is 2. The van der Waals surface area contributed by atoms with Gasteiger partial charge in [0.25, 0.3) is 5.91 Å². The highest BCUT2D eigenvalue weighted by Gasteiger charge is 2.20. The van der Waals surface area contributed by atoms with E-state index in [1.165, 1.54) is 12.1 Å². The molecule has 0 aliphatic rings. The molecule has 160 valence electrons. The average molecular weight is 468 g/mol. The van der Waals surface area contributed by atoms with Gasteiger partial charge in [-0.3, -0.25) is 10.1 Å². The SMILES string of the molecule is Cc1ccc2nc(NC(=O)c3cc4[nH]c(-c5c(F)cccc5Cl)nc4c(Cl)c3C)[nH]c2c1. The zero-order valence-corrected chi connectivity index (χ0v) is 18.5. The van der Waals surface area contributed by atoms with Crippen molar-refractivity contribution in [1.29, 1.82) is 0 Å². The lowest BCUT2D eigenvalue weighted by molar-refractivity contribution is 0.102. The van der Waals surface area contributed by atoms with Crippen molar-refractivity contribution in [2.75, 3.05) is 5.32 Å². The van der Waals surface area contributed by atoms with Crippen LogP contribution in [0.15, 0.2) is 42.5 Å². The van der Waals surface area contributed by atoms with Crippen molar-refractivity contribution in [2.24, 2.45) is 0 Å². The first-order chi connectivity index (χ1) is 15.3. The van der Waals surface area contributed by atoms with E-state index < -0.39 is 5.82 Å². The van der Waals surface area contributed by atoms with Gasteiger partial charge in [0.15, 0.2) is 0 Å². The van der Waals surface area contributed by atoms with Crippen molar-refractivity contribution in [2.45, 2.75) is 13.8 Å². The third-order valence-electron chi connectivity index (χ3n) is 5.28. The maximum atomic E-state index is 14.4. The van der Waals surface area contributed by atoms with Crippen molar-refractivity contribution >= 4 is 57.1 Å². The molecule has 0 atom stereocenters. The molecule has 0 aliphatic carbocycles. The lowest BCUT2D eigenvalue weighted by Crippen LogP contribution is -2.14. The smallest absolute Gasteiger partial charge is 0.258 e. The van der Waals surface area contributed by atoms with E-state index in [0.717, 1.165) is 16.6 Å². The zero-order chi connectivity index (χ0) is 22.6. The molecule has 0 fully saturated rings. The quantitative estimate of drug-likeness (QED) is 0.286. The van der Waals surface area contributed by atoms with E-state index in [1.807, 2.05) is 25.1 Å². The third-order valence-corrected chi connectivity index (χ3v) is 6.05. The Morgan fingerprint density at radius 3 is 2.62 bits per heavy atom. The van der Waals surface area contributed by atoms with Crippen LogP contribution in [-0.4, -0.2) is 25.8 Å². The van der Waals surface area contributed by atoms with E-state index in [1.54, 1.807) is 19.1 Å². The predicted octanol–water partition coefficient (Wildman–Crippen LogP) is 6.42. The van der Waals surface area contributed by atoms with Gasteiger partial charge in [-0.25, -0.2) is 14.4 Å². The van der Waals surface area contributed by atoms with Crippen molar-refractivity contribution in [1.82, 2.24) is 19.9 Å². The predicted molar refractivity (Wildman–Crippen MR) is 125 cm³/mol. The monoisotopic (exact) mass is 467 g/mol. The lowest BCUT2D eigenvalue weighted by atomic mass is 10.1. The fourth-order valence-corrected chi connectivity index (χ4v) is 4.14. The number of hydrogen-bond donors (Lipinski definition) is 3. The first-order valence-electron chi connectivity index (χ1n) is 9.72. The van der Waals surface area contributed by atoms with Crippen LogP contribution in [0.5, 0.6) is 0 Å². The number of nitrogens with one attached hydrogen (secondary N) is 3. The largest absolute Gasteiger partial charge is 0.338 e. The lowest BCUT2D eigenvalue weighted by Gasteiger charge is -2.08. The molecule has 0 saturated carbocycles. The first kappa shape index (κ1) is 20.5. The molecule has 3 aromatic carbocycles. The van der Waals surface area contributed by atoms with Crippen LogP contribution in [0.3, 0.4) is 0 Å². The first-order valence-corrected chi connectivity index (χ1v) is 10.5. The zero-order valence-electron chi connectivity index (χ0n) is 17.0. The van der Waals surface area contributed by atoms with Crippen LogP contribution in [-0.2, 0) is 0 Å². The molecule has 3 N–H and O–H groups in total. The van der Waals surface area contributed by atoms with E-state index in [9.17, 15) is 9.18 Å². The molecule has 0 spiro atoms. The summed E-state index contributed by atoms with van der Waals surface area (Å²) in [4.78, 5) is 28.0. The number of carbonyl (C=O) groups excluding carboxylic acids is 1. The van der Waals surface area contributed by atoms with E-state index in [-0.39, 0.29) is 22.3 Å². The van der Waals surface area contributed by atoms with Crippen LogP contribution < -0.4 is 5.32 Å². The summed E-state index contributed by atoms with van der Waals surface area (Å²) < 4.78 is 14.4. The number of fused-ring (bicyclic) bond motifs is 2. The number of aryl methyl sites for hydroxylation is 1. The standard InChI is InChI=1S/C23H16Cl2FN5O/c1-10-6-7-15-16(8-10)29-23(28-15)31-22(32)12-9-17-20(19(25)11(12)2)30-21(27-17)18-13(24)4-3-5-14(18)26/h3-9H,1-2H3,(H,27,30)(H2,28,29,31,32). The second-order valence-electron chi connectivity index (χ2n) is 7.50. The number of rotatable bonds is 3. The van der Waals surface area contributed by atoms with Crippen molar-refractivity contribution in [3.63, 3.8) is 0 Å². The number of carbonyl (C=O) groups is 1. The number of hydrogen-bond acceptors (Lipinski definition) is 3. The van der Waals surface area contributed by atoms with E-state index in [4.69, 9.17) is 23.2 Å². The Morgan fingerprint density at radius 2 is 1.84 bits per heavy atom. The molecule has 0 unspecified atom stereocenters. The highest BCUT2D eigenvalue weighted by molar-refractivity contribution is 6.36. The number of nitrogens with zero attached hydrogens (tertiary/aromatic N) is 2. The number of aromatic nitrogens is 4. The van der Waals surface area contributed by atoms with Gasteiger partial charge in [-0.15, -0.1) is 0 Å². The number of amides is 1. The maximum Gasteiger partial charge on any atom is 0.258 e. The highest BCUT2D eigenvalue weighted by atomic mass is 35.5. The molecule has 5 rings (SSSR count). The van der Waals surface area contributed by atoms with Crippen molar-refractivity contribution in [3.05, 3.63) is 75.0 Å². The van der Waals surface area contributed by atoms with Crippen LogP contribution in [0.4, 0.5) is 10.3 Å². The van der Waals surface area contributed by atoms with Crippen molar-refractivity contribution in [3.8, 4) is 11.4 Å². The minimum absolute atomic E-state index is 0.141. The number of anilines is 1. The number of H-pyrrole nitrogens is 2. The highest BCUT2D eigenvalue weighted by Crippen LogP contribution is 2.34. The van der Waals surface area contributed by atoms with Crippen LogP contribution >= 0.6 is 23.2 Å². The minimum Gasteiger partial charge on any atom is -0.338 e. The molecule has 6 nitrogen and oxygen atoms in total. The van der Waals surface area contributed by atoms with Crippen LogP contribution in [0, 0.1) is 19.7 Å². The van der Waals surface area contributed by atoms with E-state index >= 15 is 0 Å². The molecule has 5 aromatic rings. The van der Waals surface area contributed by atoms with Crippen LogP contribution in [0.25, 0.3) is 33.5 Å². The molecule has 0 aliphatic heterocycles. The van der Waals surface area contributed by atoms with E-state index in [2.05, 4.69) is 25.3 Å². The molecule has 2 aromatic heterocycles. The van der Waals surface area contributed by atoms with Gasteiger partial charge >= 0.3 is 0 Å². The van der Waals surface area contributed by atoms with Crippen LogP contribution in [0.1, 0.15) is 21.5 Å². The van der Waals surface area contributed by atoms with Gasteiger partial charge < -0.3 is 9.97 Å². The summed E-state index contributed by atoms with van der Waals surface area (Å²) in [7, 11) is 0. The molecule has 0 saturated heterocycles. The van der Waals surface area contributed by atoms with E-state index in [0.29, 0.717) is 33.1 Å². The maximum absolute atomic E-state index is 14.4. The Labute approximate surface area is 191 Å². The average Bonchev–Trinajstić information content (AvgIpc) is 3.33. The second kappa shape index (κ2) is 7.62. The molecule has 0 bridgehead atoms. The minimum atomic E-state index is -0.512. The summed E-state index contributed by atoms with van der Waals surface area (Å²) in [6.07, 6.45) is 0. The van der Waals surface area contributed by atoms with Gasteiger partial charge in [0.1, 0.15) is 17.2 Å². The molecular weight excluding hydrogens is 452 g/mol. The molecule has 32 heavy (non-hydrogen) atoms. The van der Waals surface area contributed by atoms with Gasteiger partial charge in [0.05, 0.1) is 32.2 Å². The van der Waals surface area contributed by atoms with Crippen molar-refractivity contribution < 1.29 is 9.18 Å². The number of imidazole rings is 2. The third kappa shape index (κ3) is 3.39. The Bertz CT molecular complexity index is 1520. The molecular formula is C23H16Cl2FN5O. The normalized spacial score (nSPS) is 11.4. The summed E-state index contributed by atoms with van der Waals surface area (Å²) >= 11 is 12.7. The summed E-state index contributed by atoms with van der Waals surface area (Å²) in [6.45, 7) is 3.70. The Kier molecular flexibility index (Phi) is 4.87. The van der Waals surface area contributed by atoms with Gasteiger partial charge in [-0.05, 0) is 55.3 Å².